The molecule has 0 aliphatic heterocycles. The fourth-order valence-electron chi connectivity index (χ4n) is 4.25. The predicted octanol–water partition coefficient (Wildman–Crippen LogP) is 7.79. The van der Waals surface area contributed by atoms with Crippen LogP contribution in [-0.2, 0) is 16.6 Å². The van der Waals surface area contributed by atoms with E-state index in [9.17, 15) is 17.1 Å². The number of anilines is 1. The number of urea groups is 1. The van der Waals surface area contributed by atoms with Crippen LogP contribution in [-0.4, -0.2) is 29.3 Å². The quantitative estimate of drug-likeness (QED) is 0.0931. The summed E-state index contributed by atoms with van der Waals surface area (Å²) in [6, 6.07) is 4.30. The number of carbonyl (C=O) groups excluding carboxylic acids is 1. The van der Waals surface area contributed by atoms with Gasteiger partial charge in [0.2, 0.25) is 4.77 Å². The van der Waals surface area contributed by atoms with Crippen molar-refractivity contribution in [1.29, 1.82) is 0 Å². The molecule has 37 heavy (non-hydrogen) atoms. The van der Waals surface area contributed by atoms with E-state index in [0.717, 1.165) is 25.0 Å². The van der Waals surface area contributed by atoms with Crippen molar-refractivity contribution in [2.24, 2.45) is 0 Å². The Balaban J connectivity index is 1.60. The van der Waals surface area contributed by atoms with Crippen LogP contribution in [0.2, 0.25) is 0 Å². The van der Waals surface area contributed by atoms with Gasteiger partial charge >= 0.3 is 16.3 Å². The highest BCUT2D eigenvalue weighted by molar-refractivity contribution is 7.86. The molecular weight excluding hydrogens is 513 g/mol. The topological polar surface area (TPSA) is 109 Å². The lowest BCUT2D eigenvalue weighted by atomic mass is 10.0. The number of hydrogen-bond donors (Lipinski definition) is 3. The fraction of sp³-hybridized carbons (Fsp3) is 0.654. The molecule has 0 fully saturated rings. The number of H-pyrrole nitrogens is 1. The van der Waals surface area contributed by atoms with Gasteiger partial charge in [0.1, 0.15) is 4.90 Å². The molecule has 3 N–H and O–H groups in total. The number of benzene rings is 1. The van der Waals surface area contributed by atoms with Crippen LogP contribution in [0.4, 0.5) is 14.4 Å². The molecule has 0 saturated carbocycles. The average molecular weight is 556 g/mol. The van der Waals surface area contributed by atoms with Crippen LogP contribution < -0.4 is 10.7 Å². The van der Waals surface area contributed by atoms with E-state index in [4.69, 9.17) is 12.2 Å². The molecule has 0 radical (unpaired) electrons. The van der Waals surface area contributed by atoms with Gasteiger partial charge in [-0.25, -0.2) is 14.9 Å². The van der Waals surface area contributed by atoms with Crippen LogP contribution in [0.3, 0.4) is 0 Å². The van der Waals surface area contributed by atoms with E-state index in [0.29, 0.717) is 12.2 Å². The number of rotatable bonds is 19. The van der Waals surface area contributed by atoms with E-state index < -0.39 is 21.1 Å². The fourth-order valence-corrected chi connectivity index (χ4v) is 4.96. The number of aryl methyl sites for hydroxylation is 1. The van der Waals surface area contributed by atoms with E-state index in [-0.39, 0.29) is 10.5 Å². The number of unbranched alkanes of at least 4 members (excludes halogenated alkanes) is 14. The number of aromatic nitrogens is 3. The lowest BCUT2D eigenvalue weighted by Crippen LogP contribution is -2.29. The molecule has 0 aliphatic rings. The van der Waals surface area contributed by atoms with E-state index in [2.05, 4.69) is 27.9 Å². The van der Waals surface area contributed by atoms with Crippen molar-refractivity contribution >= 4 is 34.2 Å². The first-order valence-electron chi connectivity index (χ1n) is 13.6. The molecule has 0 bridgehead atoms. The van der Waals surface area contributed by atoms with Crippen LogP contribution in [0.5, 0.6) is 0 Å². The monoisotopic (exact) mass is 555 g/mol. The zero-order valence-electron chi connectivity index (χ0n) is 21.9. The van der Waals surface area contributed by atoms with E-state index in [1.165, 1.54) is 100 Å². The van der Waals surface area contributed by atoms with Gasteiger partial charge in [0, 0.05) is 12.1 Å². The van der Waals surface area contributed by atoms with E-state index in [1.807, 2.05) is 0 Å². The van der Waals surface area contributed by atoms with Crippen molar-refractivity contribution in [3.05, 3.63) is 34.9 Å². The molecule has 0 aliphatic carbocycles. The van der Waals surface area contributed by atoms with Crippen molar-refractivity contribution in [2.75, 3.05) is 10.7 Å². The normalized spacial score (nSPS) is 11.5. The molecule has 1 aromatic carbocycles. The van der Waals surface area contributed by atoms with E-state index >= 15 is 0 Å². The molecule has 2 amide bonds. The van der Waals surface area contributed by atoms with Gasteiger partial charge in [-0.1, -0.05) is 103 Å². The minimum atomic E-state index is -4.86. The summed E-state index contributed by atoms with van der Waals surface area (Å²) < 4.78 is 37.0. The van der Waals surface area contributed by atoms with Crippen LogP contribution in [0.1, 0.15) is 109 Å². The van der Waals surface area contributed by atoms with Crippen molar-refractivity contribution < 1.29 is 17.1 Å². The summed E-state index contributed by atoms with van der Waals surface area (Å²) in [6.45, 7) is 2.26. The minimum Gasteiger partial charge on any atom is -0.307 e. The Labute approximate surface area is 226 Å². The summed E-state index contributed by atoms with van der Waals surface area (Å²) in [4.78, 5) is 11.9. The second-order valence-electron chi connectivity index (χ2n) is 9.51. The number of amides is 2. The Morgan fingerprint density at radius 2 is 1.49 bits per heavy atom. The summed E-state index contributed by atoms with van der Waals surface area (Å²) >= 11 is 5.21. The number of nitrogens with one attached hydrogen (secondary N) is 3. The summed E-state index contributed by atoms with van der Waals surface area (Å²) in [5, 5.41) is 9.36. The van der Waals surface area contributed by atoms with Gasteiger partial charge in [-0.2, -0.15) is 13.5 Å². The van der Waals surface area contributed by atoms with Crippen molar-refractivity contribution in [3.63, 3.8) is 0 Å². The third-order valence-corrected chi connectivity index (χ3v) is 7.42. The molecule has 2 aromatic rings. The van der Waals surface area contributed by atoms with Crippen LogP contribution >= 0.6 is 12.2 Å². The van der Waals surface area contributed by atoms with Crippen LogP contribution in [0.15, 0.2) is 29.2 Å². The molecule has 11 heteroatoms. The second-order valence-corrected chi connectivity index (χ2v) is 11.2. The molecule has 2 rings (SSSR count). The summed E-state index contributed by atoms with van der Waals surface area (Å²) in [5.74, 6) is 0.606. The van der Waals surface area contributed by atoms with E-state index in [1.54, 1.807) is 0 Å². The molecule has 1 heterocycles. The van der Waals surface area contributed by atoms with Gasteiger partial charge in [0.15, 0.2) is 5.82 Å². The summed E-state index contributed by atoms with van der Waals surface area (Å²) in [5.41, 5.74) is 2.73. The maximum Gasteiger partial charge on any atom is 0.338 e. The number of nitrogens with zero attached hydrogens (tertiary/aromatic N) is 2. The SMILES string of the molecule is CCCCCCCCCCCCCCCCCc1n[nH]c(=S)n1NC(=O)Nc1cccc(S(=O)(=O)F)c1. The molecule has 208 valence electrons. The number of aromatic amines is 1. The Kier molecular flexibility index (Phi) is 14.5. The third kappa shape index (κ3) is 12.7. The Morgan fingerprint density at radius 3 is 2.03 bits per heavy atom. The molecular formula is C26H42FN5O3S2. The van der Waals surface area contributed by atoms with Gasteiger partial charge < -0.3 is 5.32 Å². The molecule has 0 saturated heterocycles. The predicted molar refractivity (Wildman–Crippen MR) is 149 cm³/mol. The Bertz CT molecular complexity index is 1100. The minimum absolute atomic E-state index is 0.134. The zero-order chi connectivity index (χ0) is 26.9. The third-order valence-electron chi connectivity index (χ3n) is 6.33. The first kappa shape index (κ1) is 31.0. The first-order chi connectivity index (χ1) is 17.8. The van der Waals surface area contributed by atoms with Crippen molar-refractivity contribution in [2.45, 2.75) is 115 Å². The molecule has 0 atom stereocenters. The highest BCUT2D eigenvalue weighted by Gasteiger charge is 2.14. The average Bonchev–Trinajstić information content (AvgIpc) is 3.20. The number of carbonyl (C=O) groups is 1. The standard InChI is InChI=1S/C26H42FN5O3S2/c1-2-3-4-5-6-7-8-9-10-11-12-13-14-15-16-20-24-29-30-26(36)32(24)31-25(33)28-22-18-17-19-23(21-22)37(27,34)35/h17-19,21H,2-16,20H2,1H3,(H,30,36)(H2,28,31,33). The molecule has 0 unspecified atom stereocenters. The van der Waals surface area contributed by atoms with Gasteiger partial charge in [-0.15, -0.1) is 3.89 Å². The highest BCUT2D eigenvalue weighted by Crippen LogP contribution is 2.18. The largest absolute Gasteiger partial charge is 0.338 e. The van der Waals surface area contributed by atoms with Gasteiger partial charge in [0.25, 0.3) is 0 Å². The van der Waals surface area contributed by atoms with Gasteiger partial charge in [-0.05, 0) is 36.8 Å². The van der Waals surface area contributed by atoms with Crippen LogP contribution in [0, 0.1) is 4.77 Å². The maximum atomic E-state index is 13.2. The lowest BCUT2D eigenvalue weighted by Gasteiger charge is -2.10. The maximum absolute atomic E-state index is 13.2. The van der Waals surface area contributed by atoms with Crippen molar-refractivity contribution in [3.8, 4) is 0 Å². The Hall–Kier alpha value is -2.27. The molecule has 1 aromatic heterocycles. The van der Waals surface area contributed by atoms with Crippen LogP contribution in [0.25, 0.3) is 0 Å². The van der Waals surface area contributed by atoms with Crippen molar-refractivity contribution in [1.82, 2.24) is 14.9 Å². The molecule has 8 nitrogen and oxygen atoms in total. The Morgan fingerprint density at radius 1 is 0.946 bits per heavy atom. The molecule has 0 spiro atoms. The summed E-state index contributed by atoms with van der Waals surface area (Å²) in [7, 11) is -4.86. The second kappa shape index (κ2) is 17.3. The number of hydrogen-bond acceptors (Lipinski definition) is 5. The van der Waals surface area contributed by atoms with Gasteiger partial charge in [-0.3, -0.25) is 5.10 Å². The zero-order valence-corrected chi connectivity index (χ0v) is 23.6. The smallest absolute Gasteiger partial charge is 0.307 e. The lowest BCUT2D eigenvalue weighted by molar-refractivity contribution is 0.259. The highest BCUT2D eigenvalue weighted by atomic mass is 32.3. The first-order valence-corrected chi connectivity index (χ1v) is 15.4. The summed E-state index contributed by atoms with van der Waals surface area (Å²) in [6.07, 6.45) is 20.0. The van der Waals surface area contributed by atoms with Gasteiger partial charge in [0.05, 0.1) is 0 Å². The number of halogens is 1.